The van der Waals surface area contributed by atoms with Crippen LogP contribution in [-0.4, -0.2) is 42.7 Å². The Labute approximate surface area is 99.6 Å². The number of likely N-dealkylation sites (N-methyl/N-ethyl adjacent to an activating group) is 1. The van der Waals surface area contributed by atoms with Gasteiger partial charge in [-0.15, -0.1) is 0 Å². The van der Waals surface area contributed by atoms with Crippen molar-refractivity contribution in [1.82, 2.24) is 15.5 Å². The average Bonchev–Trinajstić information content (AvgIpc) is 2.25. The molecule has 0 fully saturated rings. The van der Waals surface area contributed by atoms with Crippen molar-refractivity contribution < 1.29 is 0 Å². The maximum Gasteiger partial charge on any atom is 0.166 e. The van der Waals surface area contributed by atoms with Gasteiger partial charge in [0.2, 0.25) is 0 Å². The predicted octanol–water partition coefficient (Wildman–Crippen LogP) is 1.59. The lowest BCUT2D eigenvalue weighted by atomic mass is 10.3. The zero-order valence-corrected chi connectivity index (χ0v) is 11.1. The van der Waals surface area contributed by atoms with Gasteiger partial charge in [0.15, 0.2) is 5.11 Å². The molecule has 0 aromatic rings. The standard InChI is InChI=1S/C11H25N3S/c1-4-7-8-12-11(15)13-9-10-14(5-2)6-3/h4-10H2,1-3H3,(H2,12,13,15). The number of unbranched alkanes of at least 4 members (excludes halogenated alkanes) is 1. The number of thiocarbonyl (C=S) groups is 1. The molecule has 0 saturated heterocycles. The van der Waals surface area contributed by atoms with Crippen molar-refractivity contribution in [3.8, 4) is 0 Å². The van der Waals surface area contributed by atoms with Gasteiger partial charge in [0.05, 0.1) is 0 Å². The Morgan fingerprint density at radius 2 is 1.67 bits per heavy atom. The van der Waals surface area contributed by atoms with Gasteiger partial charge in [-0.3, -0.25) is 0 Å². The molecule has 0 atom stereocenters. The van der Waals surface area contributed by atoms with Crippen molar-refractivity contribution >= 4 is 17.3 Å². The van der Waals surface area contributed by atoms with Crippen LogP contribution >= 0.6 is 12.2 Å². The van der Waals surface area contributed by atoms with E-state index in [1.54, 1.807) is 0 Å². The Morgan fingerprint density at radius 3 is 2.20 bits per heavy atom. The zero-order chi connectivity index (χ0) is 11.5. The molecule has 0 aromatic carbocycles. The summed E-state index contributed by atoms with van der Waals surface area (Å²) in [5.41, 5.74) is 0. The minimum Gasteiger partial charge on any atom is -0.363 e. The molecule has 0 amide bonds. The molecule has 4 heteroatoms. The van der Waals surface area contributed by atoms with E-state index in [9.17, 15) is 0 Å². The second kappa shape index (κ2) is 10.2. The van der Waals surface area contributed by atoms with Crippen LogP contribution in [0.2, 0.25) is 0 Å². The van der Waals surface area contributed by atoms with E-state index in [0.717, 1.165) is 37.8 Å². The lowest BCUT2D eigenvalue weighted by Crippen LogP contribution is -2.40. The smallest absolute Gasteiger partial charge is 0.166 e. The highest BCUT2D eigenvalue weighted by molar-refractivity contribution is 7.80. The summed E-state index contributed by atoms with van der Waals surface area (Å²) in [6.07, 6.45) is 2.38. The molecule has 0 rings (SSSR count). The van der Waals surface area contributed by atoms with Crippen molar-refractivity contribution in [1.29, 1.82) is 0 Å². The number of rotatable bonds is 8. The van der Waals surface area contributed by atoms with Crippen molar-refractivity contribution in [2.45, 2.75) is 33.6 Å². The fourth-order valence-corrected chi connectivity index (χ4v) is 1.51. The first-order chi connectivity index (χ1) is 7.24. The molecule has 0 bridgehead atoms. The summed E-state index contributed by atoms with van der Waals surface area (Å²) < 4.78 is 0. The van der Waals surface area contributed by atoms with Crippen molar-refractivity contribution in [3.63, 3.8) is 0 Å². The van der Waals surface area contributed by atoms with Gasteiger partial charge in [0, 0.05) is 19.6 Å². The van der Waals surface area contributed by atoms with E-state index in [1.807, 2.05) is 0 Å². The number of hydrogen-bond acceptors (Lipinski definition) is 2. The molecule has 0 aliphatic rings. The van der Waals surface area contributed by atoms with Gasteiger partial charge in [-0.25, -0.2) is 0 Å². The summed E-state index contributed by atoms with van der Waals surface area (Å²) in [6.45, 7) is 11.7. The van der Waals surface area contributed by atoms with Crippen molar-refractivity contribution in [3.05, 3.63) is 0 Å². The lowest BCUT2D eigenvalue weighted by Gasteiger charge is -2.18. The van der Waals surface area contributed by atoms with E-state index < -0.39 is 0 Å². The third-order valence-corrected chi connectivity index (χ3v) is 2.71. The van der Waals surface area contributed by atoms with E-state index in [-0.39, 0.29) is 0 Å². The summed E-state index contributed by atoms with van der Waals surface area (Å²) in [5.74, 6) is 0. The maximum atomic E-state index is 5.15. The monoisotopic (exact) mass is 231 g/mol. The molecule has 0 aliphatic carbocycles. The number of nitrogens with zero attached hydrogens (tertiary/aromatic N) is 1. The van der Waals surface area contributed by atoms with Crippen LogP contribution in [0, 0.1) is 0 Å². The highest BCUT2D eigenvalue weighted by Gasteiger charge is 1.98. The number of nitrogens with one attached hydrogen (secondary N) is 2. The molecule has 0 unspecified atom stereocenters. The van der Waals surface area contributed by atoms with Gasteiger partial charge in [0.1, 0.15) is 0 Å². The Morgan fingerprint density at radius 1 is 1.07 bits per heavy atom. The largest absolute Gasteiger partial charge is 0.363 e. The normalized spacial score (nSPS) is 10.4. The molecule has 3 nitrogen and oxygen atoms in total. The predicted molar refractivity (Wildman–Crippen MR) is 71.3 cm³/mol. The highest BCUT2D eigenvalue weighted by Crippen LogP contribution is 1.85. The summed E-state index contributed by atoms with van der Waals surface area (Å²) in [4.78, 5) is 2.38. The molecule has 0 spiro atoms. The van der Waals surface area contributed by atoms with Crippen LogP contribution in [0.1, 0.15) is 33.6 Å². The van der Waals surface area contributed by atoms with Gasteiger partial charge < -0.3 is 15.5 Å². The Bertz CT molecular complexity index is 158. The third-order valence-electron chi connectivity index (χ3n) is 2.42. The van der Waals surface area contributed by atoms with E-state index in [0.29, 0.717) is 0 Å². The van der Waals surface area contributed by atoms with E-state index in [1.165, 1.54) is 12.8 Å². The lowest BCUT2D eigenvalue weighted by molar-refractivity contribution is 0.308. The molecule has 15 heavy (non-hydrogen) atoms. The Balaban J connectivity index is 3.37. The van der Waals surface area contributed by atoms with Crippen molar-refractivity contribution in [2.75, 3.05) is 32.7 Å². The maximum absolute atomic E-state index is 5.15. The van der Waals surface area contributed by atoms with E-state index >= 15 is 0 Å². The van der Waals surface area contributed by atoms with Gasteiger partial charge in [-0.05, 0) is 31.7 Å². The van der Waals surface area contributed by atoms with Gasteiger partial charge in [0.25, 0.3) is 0 Å². The Kier molecular flexibility index (Phi) is 9.94. The fourth-order valence-electron chi connectivity index (χ4n) is 1.31. The topological polar surface area (TPSA) is 27.3 Å². The van der Waals surface area contributed by atoms with E-state index in [4.69, 9.17) is 12.2 Å². The summed E-state index contributed by atoms with van der Waals surface area (Å²) in [5, 5.41) is 7.20. The second-order valence-corrected chi connectivity index (χ2v) is 3.97. The highest BCUT2D eigenvalue weighted by atomic mass is 32.1. The van der Waals surface area contributed by atoms with Crippen LogP contribution in [0.4, 0.5) is 0 Å². The average molecular weight is 231 g/mol. The first-order valence-electron chi connectivity index (χ1n) is 5.98. The molecule has 0 heterocycles. The second-order valence-electron chi connectivity index (χ2n) is 3.56. The molecule has 0 aliphatic heterocycles. The quantitative estimate of drug-likeness (QED) is 0.490. The van der Waals surface area contributed by atoms with Gasteiger partial charge in [-0.1, -0.05) is 27.2 Å². The molecule has 0 saturated carbocycles. The summed E-state index contributed by atoms with van der Waals surface area (Å²) in [7, 11) is 0. The van der Waals surface area contributed by atoms with Crippen LogP contribution in [0.15, 0.2) is 0 Å². The fraction of sp³-hybridized carbons (Fsp3) is 0.909. The first-order valence-corrected chi connectivity index (χ1v) is 6.39. The van der Waals surface area contributed by atoms with Crippen LogP contribution in [0.5, 0.6) is 0 Å². The molecule has 0 radical (unpaired) electrons. The van der Waals surface area contributed by atoms with Crippen LogP contribution < -0.4 is 10.6 Å². The summed E-state index contributed by atoms with van der Waals surface area (Å²) >= 11 is 5.15. The molecule has 90 valence electrons. The number of hydrogen-bond donors (Lipinski definition) is 2. The van der Waals surface area contributed by atoms with Crippen LogP contribution in [0.3, 0.4) is 0 Å². The van der Waals surface area contributed by atoms with Gasteiger partial charge >= 0.3 is 0 Å². The molecule has 2 N–H and O–H groups in total. The summed E-state index contributed by atoms with van der Waals surface area (Å²) in [6, 6.07) is 0. The van der Waals surface area contributed by atoms with Crippen LogP contribution in [0.25, 0.3) is 0 Å². The first kappa shape index (κ1) is 14.6. The van der Waals surface area contributed by atoms with Crippen molar-refractivity contribution in [2.24, 2.45) is 0 Å². The minimum absolute atomic E-state index is 0.788. The zero-order valence-electron chi connectivity index (χ0n) is 10.3. The van der Waals surface area contributed by atoms with Crippen LogP contribution in [-0.2, 0) is 0 Å². The van der Waals surface area contributed by atoms with Gasteiger partial charge in [-0.2, -0.15) is 0 Å². The Hall–Kier alpha value is -0.350. The molecular formula is C11H25N3S. The van der Waals surface area contributed by atoms with E-state index in [2.05, 4.69) is 36.3 Å². The molecule has 0 aromatic heterocycles. The third kappa shape index (κ3) is 8.63. The molecular weight excluding hydrogens is 206 g/mol. The minimum atomic E-state index is 0.788. The SMILES string of the molecule is CCCCNC(=S)NCCN(CC)CC.